The number of halogens is 8. The lowest BCUT2D eigenvalue weighted by molar-refractivity contribution is -0.272. The molecule has 0 bridgehead atoms. The molecular formula is C4F8O3S. The molecule has 12 heteroatoms. The van der Waals surface area contributed by atoms with Crippen molar-refractivity contribution in [1.29, 1.82) is 0 Å². The fourth-order valence-corrected chi connectivity index (χ4v) is 1.09. The lowest BCUT2D eigenvalue weighted by atomic mass is 10.1. The minimum absolute atomic E-state index is 4.37. The van der Waals surface area contributed by atoms with E-state index in [0.717, 1.165) is 0 Å². The van der Waals surface area contributed by atoms with Crippen molar-refractivity contribution in [2.75, 3.05) is 0 Å². The van der Waals surface area contributed by atoms with Gasteiger partial charge in [0.15, 0.2) is 0 Å². The predicted molar refractivity (Wildman–Crippen MR) is 31.0 cm³/mol. The molecule has 0 fully saturated rings. The monoisotopic (exact) mass is 280 g/mol. The van der Waals surface area contributed by atoms with Crippen LogP contribution >= 0.6 is 0 Å². The van der Waals surface area contributed by atoms with Crippen LogP contribution in [0.1, 0.15) is 0 Å². The molecule has 0 amide bonds. The maximum Gasteiger partial charge on any atom is 0.440 e. The highest BCUT2D eigenvalue weighted by Crippen LogP contribution is 2.49. The molecule has 0 radical (unpaired) electrons. The van der Waals surface area contributed by atoms with E-state index in [-0.39, 0.29) is 0 Å². The van der Waals surface area contributed by atoms with Crippen molar-refractivity contribution >= 4 is 16.3 Å². The third kappa shape index (κ3) is 1.85. The second-order valence-corrected chi connectivity index (χ2v) is 3.77. The predicted octanol–water partition coefficient (Wildman–Crippen LogP) is 1.65. The zero-order valence-corrected chi connectivity index (χ0v) is 7.47. The maximum absolute atomic E-state index is 12.5. The van der Waals surface area contributed by atoms with Crippen LogP contribution in [-0.2, 0) is 15.0 Å². The molecular weight excluding hydrogens is 280 g/mol. The Hall–Kier alpha value is -0.940. The van der Waals surface area contributed by atoms with Crippen molar-refractivity contribution in [3.8, 4) is 0 Å². The molecule has 0 saturated heterocycles. The minimum Gasteiger partial charge on any atom is -0.257 e. The Morgan fingerprint density at radius 2 is 1.25 bits per heavy atom. The number of carbonyl (C=O) groups is 1. The fraction of sp³-hybridized carbons (Fsp3) is 0.750. The number of carbonyl (C=O) groups excluding carboxylic acids is 1. The fourth-order valence-electron chi connectivity index (χ4n) is 0.559. The highest BCUT2D eigenvalue weighted by Gasteiger charge is 2.82. The van der Waals surface area contributed by atoms with Crippen LogP contribution in [0.4, 0.5) is 34.6 Å². The lowest BCUT2D eigenvalue weighted by Gasteiger charge is -2.27. The molecule has 0 aromatic rings. The van der Waals surface area contributed by atoms with Gasteiger partial charge in [0.2, 0.25) is 0 Å². The van der Waals surface area contributed by atoms with Crippen LogP contribution in [0.3, 0.4) is 0 Å². The van der Waals surface area contributed by atoms with E-state index in [0.29, 0.717) is 0 Å². The SMILES string of the molecule is O=C(F)C(F)(C(F)(F)F)C(F)(F)S(=O)(=O)F. The van der Waals surface area contributed by atoms with E-state index in [2.05, 4.69) is 0 Å². The van der Waals surface area contributed by atoms with E-state index >= 15 is 0 Å². The van der Waals surface area contributed by atoms with Crippen LogP contribution in [0.2, 0.25) is 0 Å². The summed E-state index contributed by atoms with van der Waals surface area (Å²) in [4.78, 5) is 9.53. The Morgan fingerprint density at radius 3 is 1.31 bits per heavy atom. The van der Waals surface area contributed by atoms with E-state index in [1.165, 1.54) is 0 Å². The minimum atomic E-state index is -7.48. The van der Waals surface area contributed by atoms with E-state index in [1.807, 2.05) is 0 Å². The van der Waals surface area contributed by atoms with Gasteiger partial charge in [0.25, 0.3) is 0 Å². The third-order valence-electron chi connectivity index (χ3n) is 1.37. The van der Waals surface area contributed by atoms with E-state index in [9.17, 15) is 47.8 Å². The van der Waals surface area contributed by atoms with Crippen LogP contribution in [0.25, 0.3) is 0 Å². The van der Waals surface area contributed by atoms with Gasteiger partial charge in [-0.05, 0) is 0 Å². The maximum atomic E-state index is 12.5. The highest BCUT2D eigenvalue weighted by atomic mass is 32.3. The quantitative estimate of drug-likeness (QED) is 0.583. The second-order valence-electron chi connectivity index (χ2n) is 2.38. The number of alkyl halides is 6. The second kappa shape index (κ2) is 3.53. The molecule has 0 aromatic heterocycles. The average molecular weight is 280 g/mol. The molecule has 0 N–H and O–H groups in total. The van der Waals surface area contributed by atoms with Crippen molar-refractivity contribution < 1.29 is 47.8 Å². The summed E-state index contributed by atoms with van der Waals surface area (Å²) in [6, 6.07) is -4.37. The molecule has 16 heavy (non-hydrogen) atoms. The summed E-state index contributed by atoms with van der Waals surface area (Å²) in [5, 5.41) is -6.91. The summed E-state index contributed by atoms with van der Waals surface area (Å²) in [7, 11) is -7.48. The van der Waals surface area contributed by atoms with Crippen molar-refractivity contribution in [3.05, 3.63) is 0 Å². The van der Waals surface area contributed by atoms with Gasteiger partial charge in [-0.15, -0.1) is 0 Å². The Labute approximate surface area is 82.2 Å². The zero-order chi connectivity index (χ0) is 13.6. The summed E-state index contributed by atoms with van der Waals surface area (Å²) < 4.78 is 114. The topological polar surface area (TPSA) is 51.2 Å². The Kier molecular flexibility index (Phi) is 3.32. The van der Waals surface area contributed by atoms with Gasteiger partial charge in [-0.25, -0.2) is 4.39 Å². The third-order valence-corrected chi connectivity index (χ3v) is 2.26. The molecule has 0 aliphatic heterocycles. The van der Waals surface area contributed by atoms with Crippen LogP contribution in [0, 0.1) is 0 Å². The Balaban J connectivity index is 6.06. The molecule has 0 rings (SSSR count). The first-order chi connectivity index (χ1) is 6.69. The molecule has 3 nitrogen and oxygen atoms in total. The van der Waals surface area contributed by atoms with Crippen molar-refractivity contribution in [3.63, 3.8) is 0 Å². The van der Waals surface area contributed by atoms with Crippen LogP contribution < -0.4 is 0 Å². The normalized spacial score (nSPS) is 18.0. The molecule has 0 spiro atoms. The van der Waals surface area contributed by atoms with Gasteiger partial charge >= 0.3 is 33.4 Å². The number of hydrogen-bond donors (Lipinski definition) is 0. The van der Waals surface area contributed by atoms with E-state index < -0.39 is 33.4 Å². The lowest BCUT2D eigenvalue weighted by Crippen LogP contribution is -2.61. The first-order valence-corrected chi connectivity index (χ1v) is 4.35. The van der Waals surface area contributed by atoms with Gasteiger partial charge in [-0.2, -0.15) is 34.8 Å². The van der Waals surface area contributed by atoms with Gasteiger partial charge in [0.1, 0.15) is 0 Å². The summed E-state index contributed by atoms with van der Waals surface area (Å²) >= 11 is 0. The van der Waals surface area contributed by atoms with Gasteiger partial charge in [-0.3, -0.25) is 4.79 Å². The van der Waals surface area contributed by atoms with Crippen molar-refractivity contribution in [2.24, 2.45) is 0 Å². The van der Waals surface area contributed by atoms with E-state index in [4.69, 9.17) is 0 Å². The molecule has 0 heterocycles. The standard InChI is InChI=1S/C4F8O3S/c5-1(13)2(6,3(7,8)9)4(10,11)16(12,14)15. The molecule has 96 valence electrons. The van der Waals surface area contributed by atoms with Crippen LogP contribution in [0.5, 0.6) is 0 Å². The molecule has 0 saturated carbocycles. The first kappa shape index (κ1) is 15.1. The Bertz CT molecular complexity index is 396. The largest absolute Gasteiger partial charge is 0.440 e. The van der Waals surface area contributed by atoms with Crippen LogP contribution in [-0.4, -0.2) is 31.6 Å². The van der Waals surface area contributed by atoms with Crippen LogP contribution in [0.15, 0.2) is 0 Å². The number of hydrogen-bond acceptors (Lipinski definition) is 3. The van der Waals surface area contributed by atoms with E-state index in [1.54, 1.807) is 0 Å². The highest BCUT2D eigenvalue weighted by molar-refractivity contribution is 7.87. The summed E-state index contributed by atoms with van der Waals surface area (Å²) in [5.74, 6) is 0. The summed E-state index contributed by atoms with van der Waals surface area (Å²) in [5.41, 5.74) is -6.78. The summed E-state index contributed by atoms with van der Waals surface area (Å²) in [6.07, 6.45) is -6.94. The molecule has 1 atom stereocenters. The average Bonchev–Trinajstić information content (AvgIpc) is 1.97. The molecule has 1 unspecified atom stereocenters. The first-order valence-electron chi connectivity index (χ1n) is 2.97. The Morgan fingerprint density at radius 1 is 0.938 bits per heavy atom. The molecule has 0 aliphatic rings. The number of rotatable bonds is 3. The molecule has 0 aromatic carbocycles. The van der Waals surface area contributed by atoms with Gasteiger partial charge in [0.05, 0.1) is 0 Å². The van der Waals surface area contributed by atoms with Gasteiger partial charge < -0.3 is 0 Å². The summed E-state index contributed by atoms with van der Waals surface area (Å²) in [6.45, 7) is 0. The zero-order valence-electron chi connectivity index (χ0n) is 6.66. The smallest absolute Gasteiger partial charge is 0.257 e. The van der Waals surface area contributed by atoms with Gasteiger partial charge in [0, 0.05) is 0 Å². The van der Waals surface area contributed by atoms with Crippen molar-refractivity contribution in [2.45, 2.75) is 17.1 Å². The van der Waals surface area contributed by atoms with Gasteiger partial charge in [-0.1, -0.05) is 3.89 Å². The van der Waals surface area contributed by atoms with Crippen molar-refractivity contribution in [1.82, 2.24) is 0 Å². The molecule has 0 aliphatic carbocycles.